The first-order chi connectivity index (χ1) is 16.6. The quantitative estimate of drug-likeness (QED) is 0.387. The second-order valence-corrected chi connectivity index (χ2v) is 7.37. The molecule has 1 aliphatic rings. The molecule has 0 saturated carbocycles. The topological polar surface area (TPSA) is 132 Å². The van der Waals surface area contributed by atoms with E-state index in [1.807, 2.05) is 50.2 Å². The summed E-state index contributed by atoms with van der Waals surface area (Å²) in [5, 5.41) is 7.48. The molecular formula is C24H32N4O6. The predicted octanol–water partition coefficient (Wildman–Crippen LogP) is 2.31. The van der Waals surface area contributed by atoms with Gasteiger partial charge < -0.3 is 40.1 Å². The van der Waals surface area contributed by atoms with Gasteiger partial charge in [-0.25, -0.2) is 0 Å². The van der Waals surface area contributed by atoms with E-state index in [0.29, 0.717) is 87.3 Å². The molecule has 0 radical (unpaired) electrons. The number of hydrazone groups is 2. The molecule has 0 saturated heterocycles. The van der Waals surface area contributed by atoms with E-state index in [-0.39, 0.29) is 0 Å². The maximum Gasteiger partial charge on any atom is 0.161 e. The SMILES string of the molecule is CC(=NN)c1ccc2c(c1)OCCOCCOc1cc(C(C)=NN)ccc1OCCOCCO2. The summed E-state index contributed by atoms with van der Waals surface area (Å²) in [4.78, 5) is 0. The van der Waals surface area contributed by atoms with Gasteiger partial charge in [-0.3, -0.25) is 0 Å². The number of nitrogens with zero attached hydrogens (tertiary/aromatic N) is 2. The number of hydrogen-bond acceptors (Lipinski definition) is 10. The Labute approximate surface area is 199 Å². The molecule has 0 amide bonds. The molecule has 1 aliphatic heterocycles. The smallest absolute Gasteiger partial charge is 0.161 e. The molecule has 0 atom stereocenters. The van der Waals surface area contributed by atoms with Gasteiger partial charge in [0.1, 0.15) is 26.4 Å². The van der Waals surface area contributed by atoms with Crippen molar-refractivity contribution < 1.29 is 28.4 Å². The number of ether oxygens (including phenoxy) is 6. The summed E-state index contributed by atoms with van der Waals surface area (Å²) < 4.78 is 34.8. The summed E-state index contributed by atoms with van der Waals surface area (Å²) in [5.74, 6) is 13.2. The van der Waals surface area contributed by atoms with Gasteiger partial charge in [0.25, 0.3) is 0 Å². The molecule has 0 bridgehead atoms. The van der Waals surface area contributed by atoms with Crippen molar-refractivity contribution in [3.8, 4) is 23.0 Å². The van der Waals surface area contributed by atoms with E-state index < -0.39 is 0 Å². The van der Waals surface area contributed by atoms with Crippen molar-refractivity contribution in [1.29, 1.82) is 0 Å². The van der Waals surface area contributed by atoms with Crippen molar-refractivity contribution in [3.05, 3.63) is 47.5 Å². The van der Waals surface area contributed by atoms with Crippen LogP contribution in [0, 0.1) is 0 Å². The van der Waals surface area contributed by atoms with E-state index in [1.54, 1.807) is 0 Å². The van der Waals surface area contributed by atoms with Crippen molar-refractivity contribution in [1.82, 2.24) is 0 Å². The van der Waals surface area contributed by atoms with Crippen LogP contribution in [-0.4, -0.2) is 64.3 Å². The Morgan fingerprint density at radius 3 is 1.26 bits per heavy atom. The summed E-state index contributed by atoms with van der Waals surface area (Å²) in [6.07, 6.45) is 0. The summed E-state index contributed by atoms with van der Waals surface area (Å²) in [6.45, 7) is 6.59. The fraction of sp³-hybridized carbons (Fsp3) is 0.417. The van der Waals surface area contributed by atoms with Crippen LogP contribution in [0.25, 0.3) is 0 Å². The van der Waals surface area contributed by atoms with Crippen LogP contribution in [0.15, 0.2) is 46.6 Å². The maximum atomic E-state index is 5.91. The van der Waals surface area contributed by atoms with Crippen LogP contribution >= 0.6 is 0 Å². The zero-order valence-electron chi connectivity index (χ0n) is 19.6. The van der Waals surface area contributed by atoms with Gasteiger partial charge >= 0.3 is 0 Å². The Morgan fingerprint density at radius 2 is 0.912 bits per heavy atom. The normalized spacial score (nSPS) is 16.9. The molecule has 10 nitrogen and oxygen atoms in total. The van der Waals surface area contributed by atoms with Gasteiger partial charge in [0.15, 0.2) is 23.0 Å². The Bertz CT molecular complexity index is 918. The van der Waals surface area contributed by atoms with Crippen LogP contribution in [0.5, 0.6) is 23.0 Å². The average Bonchev–Trinajstić information content (AvgIpc) is 2.87. The van der Waals surface area contributed by atoms with E-state index in [2.05, 4.69) is 10.2 Å². The number of rotatable bonds is 2. The van der Waals surface area contributed by atoms with Gasteiger partial charge in [0, 0.05) is 11.1 Å². The molecule has 10 heteroatoms. The van der Waals surface area contributed by atoms with Crippen molar-refractivity contribution >= 4 is 11.4 Å². The van der Waals surface area contributed by atoms with Crippen LogP contribution in [-0.2, 0) is 9.47 Å². The number of benzene rings is 2. The van der Waals surface area contributed by atoms with Crippen LogP contribution in [0.1, 0.15) is 25.0 Å². The van der Waals surface area contributed by atoms with Crippen LogP contribution < -0.4 is 30.6 Å². The second-order valence-electron chi connectivity index (χ2n) is 7.37. The van der Waals surface area contributed by atoms with E-state index >= 15 is 0 Å². The van der Waals surface area contributed by atoms with Crippen LogP contribution in [0.4, 0.5) is 0 Å². The molecule has 2 aromatic rings. The lowest BCUT2D eigenvalue weighted by Crippen LogP contribution is -2.16. The minimum absolute atomic E-state index is 0.338. The van der Waals surface area contributed by atoms with Gasteiger partial charge in [-0.2, -0.15) is 10.2 Å². The molecule has 4 N–H and O–H groups in total. The summed E-state index contributed by atoms with van der Waals surface area (Å²) in [5.41, 5.74) is 3.09. The van der Waals surface area contributed by atoms with E-state index in [4.69, 9.17) is 40.1 Å². The predicted molar refractivity (Wildman–Crippen MR) is 129 cm³/mol. The first-order valence-electron chi connectivity index (χ1n) is 11.1. The molecule has 0 fully saturated rings. The first kappa shape index (κ1) is 25.1. The Morgan fingerprint density at radius 1 is 0.559 bits per heavy atom. The summed E-state index contributed by atoms with van der Waals surface area (Å²) in [6, 6.07) is 11.1. The third-order valence-corrected chi connectivity index (χ3v) is 5.05. The molecule has 0 unspecified atom stereocenters. The average molecular weight is 473 g/mol. The highest BCUT2D eigenvalue weighted by Gasteiger charge is 2.11. The Hall–Kier alpha value is -3.50. The van der Waals surface area contributed by atoms with Crippen LogP contribution in [0.2, 0.25) is 0 Å². The molecule has 2 aromatic carbocycles. The maximum absolute atomic E-state index is 5.91. The highest BCUT2D eigenvalue weighted by molar-refractivity contribution is 5.99. The third kappa shape index (κ3) is 7.26. The molecule has 1 heterocycles. The molecule has 0 aliphatic carbocycles. The van der Waals surface area contributed by atoms with Gasteiger partial charge in [-0.1, -0.05) is 0 Å². The summed E-state index contributed by atoms with van der Waals surface area (Å²) >= 11 is 0. The summed E-state index contributed by atoms with van der Waals surface area (Å²) in [7, 11) is 0. The van der Waals surface area contributed by atoms with Crippen molar-refractivity contribution in [2.45, 2.75) is 13.8 Å². The van der Waals surface area contributed by atoms with Crippen molar-refractivity contribution in [3.63, 3.8) is 0 Å². The number of fused-ring (bicyclic) bond motifs is 2. The fourth-order valence-corrected chi connectivity index (χ4v) is 3.13. The van der Waals surface area contributed by atoms with Gasteiger partial charge in [-0.15, -0.1) is 0 Å². The minimum Gasteiger partial charge on any atom is -0.487 e. The molecule has 0 aromatic heterocycles. The van der Waals surface area contributed by atoms with Gasteiger partial charge in [0.2, 0.25) is 0 Å². The highest BCUT2D eigenvalue weighted by Crippen LogP contribution is 2.30. The lowest BCUT2D eigenvalue weighted by Gasteiger charge is -2.16. The van der Waals surface area contributed by atoms with E-state index in [0.717, 1.165) is 11.1 Å². The van der Waals surface area contributed by atoms with E-state index in [9.17, 15) is 0 Å². The van der Waals surface area contributed by atoms with Crippen molar-refractivity contribution in [2.24, 2.45) is 21.9 Å². The Balaban J connectivity index is 1.66. The number of nitrogens with two attached hydrogens (primary N) is 2. The fourth-order valence-electron chi connectivity index (χ4n) is 3.13. The lowest BCUT2D eigenvalue weighted by molar-refractivity contribution is 0.0640. The van der Waals surface area contributed by atoms with Gasteiger partial charge in [-0.05, 0) is 50.2 Å². The molecule has 34 heavy (non-hydrogen) atoms. The van der Waals surface area contributed by atoms with E-state index in [1.165, 1.54) is 0 Å². The standard InChI is InChI=1S/C24H32N4O6/c1-17(27-25)19-3-5-21-23(15-19)33-13-9-30-10-14-34-24-16-20(18(2)28-26)4-6-22(24)32-12-8-29-7-11-31-21/h3-6,15-16H,7-14,25-26H2,1-2H3. The first-order valence-corrected chi connectivity index (χ1v) is 11.1. The third-order valence-electron chi connectivity index (χ3n) is 5.05. The zero-order valence-corrected chi connectivity index (χ0v) is 19.6. The highest BCUT2D eigenvalue weighted by atomic mass is 16.6. The molecule has 0 spiro atoms. The van der Waals surface area contributed by atoms with Gasteiger partial charge in [0.05, 0.1) is 37.9 Å². The zero-order chi connectivity index (χ0) is 24.2. The second kappa shape index (κ2) is 13.3. The Kier molecular flexibility index (Phi) is 9.80. The monoisotopic (exact) mass is 472 g/mol. The van der Waals surface area contributed by atoms with Crippen molar-refractivity contribution in [2.75, 3.05) is 52.9 Å². The molecule has 3 rings (SSSR count). The lowest BCUT2D eigenvalue weighted by atomic mass is 10.1. The minimum atomic E-state index is 0.338. The largest absolute Gasteiger partial charge is 0.487 e. The van der Waals surface area contributed by atoms with Crippen LogP contribution in [0.3, 0.4) is 0 Å². The molecule has 184 valence electrons. The number of hydrogen-bond donors (Lipinski definition) is 2. The molecular weight excluding hydrogens is 440 g/mol.